The van der Waals surface area contributed by atoms with E-state index in [4.69, 9.17) is 0 Å². The lowest BCUT2D eigenvalue weighted by Gasteiger charge is -2.03. The standard InChI is InChI=1S/C15H13BrN2OS/c1-2-3-12-8-14(19)18-13(9-20-15(18)17-12)10-4-6-11(16)7-5-10/h4-9H,2-3H2,1H3. The molecule has 3 aromatic rings. The third-order valence-corrected chi connectivity index (χ3v) is 4.46. The van der Waals surface area contributed by atoms with Crippen molar-refractivity contribution in [1.82, 2.24) is 9.38 Å². The summed E-state index contributed by atoms with van der Waals surface area (Å²) in [5.74, 6) is 0. The van der Waals surface area contributed by atoms with Crippen LogP contribution in [0.15, 0.2) is 45.0 Å². The topological polar surface area (TPSA) is 34.4 Å². The van der Waals surface area contributed by atoms with Crippen LogP contribution in [0.1, 0.15) is 19.0 Å². The lowest BCUT2D eigenvalue weighted by atomic mass is 10.2. The largest absolute Gasteiger partial charge is 0.269 e. The summed E-state index contributed by atoms with van der Waals surface area (Å²) >= 11 is 4.93. The van der Waals surface area contributed by atoms with Gasteiger partial charge in [-0.3, -0.25) is 9.20 Å². The Hall–Kier alpha value is -1.46. The van der Waals surface area contributed by atoms with E-state index in [1.54, 1.807) is 10.5 Å². The highest BCUT2D eigenvalue weighted by Gasteiger charge is 2.10. The average Bonchev–Trinajstić information content (AvgIpc) is 2.84. The first-order valence-electron chi connectivity index (χ1n) is 6.45. The quantitative estimate of drug-likeness (QED) is 0.712. The maximum Gasteiger partial charge on any atom is 0.259 e. The molecule has 20 heavy (non-hydrogen) atoms. The minimum Gasteiger partial charge on any atom is -0.269 e. The van der Waals surface area contributed by atoms with Gasteiger partial charge in [0.05, 0.1) is 5.69 Å². The molecule has 1 aromatic carbocycles. The number of aromatic nitrogens is 2. The molecule has 0 saturated carbocycles. The van der Waals surface area contributed by atoms with Crippen molar-refractivity contribution in [2.75, 3.05) is 0 Å². The number of rotatable bonds is 3. The molecular formula is C15H13BrN2OS. The van der Waals surface area contributed by atoms with Crippen LogP contribution in [-0.2, 0) is 6.42 Å². The Morgan fingerprint density at radius 1 is 1.30 bits per heavy atom. The number of fused-ring (bicyclic) bond motifs is 1. The Bertz CT molecular complexity index is 805. The number of aryl methyl sites for hydroxylation is 1. The molecule has 3 rings (SSSR count). The molecule has 0 aliphatic carbocycles. The summed E-state index contributed by atoms with van der Waals surface area (Å²) in [5, 5.41) is 1.99. The monoisotopic (exact) mass is 348 g/mol. The summed E-state index contributed by atoms with van der Waals surface area (Å²) in [7, 11) is 0. The van der Waals surface area contributed by atoms with Gasteiger partial charge in [0, 0.05) is 21.6 Å². The van der Waals surface area contributed by atoms with Gasteiger partial charge in [-0.05, 0) is 24.1 Å². The lowest BCUT2D eigenvalue weighted by Crippen LogP contribution is -2.14. The van der Waals surface area contributed by atoms with Gasteiger partial charge in [0.25, 0.3) is 5.56 Å². The van der Waals surface area contributed by atoms with Crippen molar-refractivity contribution in [3.63, 3.8) is 0 Å². The SMILES string of the molecule is CCCc1cc(=O)n2c(-c3ccc(Br)cc3)csc2n1. The first-order valence-corrected chi connectivity index (χ1v) is 8.12. The molecule has 0 aliphatic heterocycles. The second-order valence-electron chi connectivity index (χ2n) is 4.58. The van der Waals surface area contributed by atoms with Crippen LogP contribution in [0, 0.1) is 0 Å². The minimum absolute atomic E-state index is 0.00220. The van der Waals surface area contributed by atoms with Crippen LogP contribution >= 0.6 is 27.3 Å². The molecule has 0 N–H and O–H groups in total. The van der Waals surface area contributed by atoms with Crippen LogP contribution < -0.4 is 5.56 Å². The van der Waals surface area contributed by atoms with E-state index in [2.05, 4.69) is 27.8 Å². The molecule has 0 spiro atoms. The van der Waals surface area contributed by atoms with Crippen LogP contribution in [0.3, 0.4) is 0 Å². The fourth-order valence-corrected chi connectivity index (χ4v) is 3.36. The normalized spacial score (nSPS) is 11.1. The summed E-state index contributed by atoms with van der Waals surface area (Å²) in [4.78, 5) is 17.6. The summed E-state index contributed by atoms with van der Waals surface area (Å²) < 4.78 is 2.71. The van der Waals surface area contributed by atoms with Crippen LogP contribution in [0.4, 0.5) is 0 Å². The maximum atomic E-state index is 12.3. The van der Waals surface area contributed by atoms with Crippen LogP contribution in [0.2, 0.25) is 0 Å². The third kappa shape index (κ3) is 2.43. The van der Waals surface area contributed by atoms with Gasteiger partial charge in [-0.15, -0.1) is 11.3 Å². The molecule has 2 heterocycles. The first-order chi connectivity index (χ1) is 9.69. The highest BCUT2D eigenvalue weighted by molar-refractivity contribution is 9.10. The zero-order valence-electron chi connectivity index (χ0n) is 11.0. The van der Waals surface area contributed by atoms with E-state index in [9.17, 15) is 4.79 Å². The van der Waals surface area contributed by atoms with E-state index in [1.165, 1.54) is 11.3 Å². The van der Waals surface area contributed by atoms with Crippen molar-refractivity contribution < 1.29 is 0 Å². The van der Waals surface area contributed by atoms with Crippen LogP contribution in [-0.4, -0.2) is 9.38 Å². The maximum absolute atomic E-state index is 12.3. The summed E-state index contributed by atoms with van der Waals surface area (Å²) in [6, 6.07) is 9.59. The van der Waals surface area contributed by atoms with Crippen LogP contribution in [0.25, 0.3) is 16.2 Å². The summed E-state index contributed by atoms with van der Waals surface area (Å²) in [5.41, 5.74) is 2.80. The molecule has 0 fully saturated rings. The van der Waals surface area contributed by atoms with Crippen molar-refractivity contribution in [3.8, 4) is 11.3 Å². The van der Waals surface area contributed by atoms with E-state index in [0.29, 0.717) is 0 Å². The molecule has 102 valence electrons. The van der Waals surface area contributed by atoms with E-state index < -0.39 is 0 Å². The Morgan fingerprint density at radius 3 is 2.75 bits per heavy atom. The van der Waals surface area contributed by atoms with Gasteiger partial charge in [0.15, 0.2) is 4.96 Å². The molecule has 2 aromatic heterocycles. The van der Waals surface area contributed by atoms with Crippen molar-refractivity contribution in [3.05, 3.63) is 56.2 Å². The zero-order chi connectivity index (χ0) is 14.1. The van der Waals surface area contributed by atoms with E-state index >= 15 is 0 Å². The van der Waals surface area contributed by atoms with Crippen molar-refractivity contribution in [2.24, 2.45) is 0 Å². The summed E-state index contributed by atoms with van der Waals surface area (Å²) in [6.07, 6.45) is 1.84. The minimum atomic E-state index is -0.00220. The number of hydrogen-bond donors (Lipinski definition) is 0. The Morgan fingerprint density at radius 2 is 2.05 bits per heavy atom. The third-order valence-electron chi connectivity index (χ3n) is 3.10. The number of halogens is 1. The van der Waals surface area contributed by atoms with Gasteiger partial charge in [0.2, 0.25) is 0 Å². The Kier molecular flexibility index (Phi) is 3.72. The fourth-order valence-electron chi connectivity index (χ4n) is 2.17. The smallest absolute Gasteiger partial charge is 0.259 e. The van der Waals surface area contributed by atoms with Gasteiger partial charge in [-0.2, -0.15) is 0 Å². The van der Waals surface area contributed by atoms with E-state index in [-0.39, 0.29) is 5.56 Å². The molecule has 5 heteroatoms. The lowest BCUT2D eigenvalue weighted by molar-refractivity contribution is 0.873. The number of benzene rings is 1. The molecule has 0 unspecified atom stereocenters. The van der Waals surface area contributed by atoms with Gasteiger partial charge in [-0.1, -0.05) is 41.4 Å². The molecular weight excluding hydrogens is 336 g/mol. The highest BCUT2D eigenvalue weighted by Crippen LogP contribution is 2.25. The van der Waals surface area contributed by atoms with Gasteiger partial charge in [-0.25, -0.2) is 4.98 Å². The van der Waals surface area contributed by atoms with Crippen molar-refractivity contribution in [1.29, 1.82) is 0 Å². The van der Waals surface area contributed by atoms with Crippen LogP contribution in [0.5, 0.6) is 0 Å². The van der Waals surface area contributed by atoms with Crippen molar-refractivity contribution >= 4 is 32.2 Å². The van der Waals surface area contributed by atoms with E-state index in [1.807, 2.05) is 29.6 Å². The molecule has 0 aliphatic rings. The fraction of sp³-hybridized carbons (Fsp3) is 0.200. The molecule has 0 bridgehead atoms. The van der Waals surface area contributed by atoms with Crippen molar-refractivity contribution in [2.45, 2.75) is 19.8 Å². The van der Waals surface area contributed by atoms with E-state index in [0.717, 1.165) is 39.2 Å². The highest BCUT2D eigenvalue weighted by atomic mass is 79.9. The predicted molar refractivity (Wildman–Crippen MR) is 86.5 cm³/mol. The molecule has 3 nitrogen and oxygen atoms in total. The molecule has 0 saturated heterocycles. The molecule has 0 radical (unpaired) electrons. The number of thiazole rings is 1. The van der Waals surface area contributed by atoms with Gasteiger partial charge < -0.3 is 0 Å². The first kappa shape index (κ1) is 13.5. The Labute approximate surface area is 129 Å². The summed E-state index contributed by atoms with van der Waals surface area (Å²) in [6.45, 7) is 2.09. The molecule has 0 amide bonds. The average molecular weight is 349 g/mol. The second-order valence-corrected chi connectivity index (χ2v) is 6.33. The number of hydrogen-bond acceptors (Lipinski definition) is 3. The zero-order valence-corrected chi connectivity index (χ0v) is 13.4. The number of nitrogens with zero attached hydrogens (tertiary/aromatic N) is 2. The molecule has 0 atom stereocenters. The van der Waals surface area contributed by atoms with Gasteiger partial charge >= 0.3 is 0 Å². The Balaban J connectivity index is 2.18. The second kappa shape index (κ2) is 5.50. The predicted octanol–water partition coefficient (Wildman–Crippen LogP) is 4.14. The van der Waals surface area contributed by atoms with Gasteiger partial charge in [0.1, 0.15) is 0 Å².